The van der Waals surface area contributed by atoms with Crippen molar-refractivity contribution in [3.05, 3.63) is 64.8 Å². The van der Waals surface area contributed by atoms with E-state index in [4.69, 9.17) is 14.2 Å². The number of rotatable bonds is 6. The fraction of sp³-hybridized carbons (Fsp3) is 0.105. The zero-order valence-corrected chi connectivity index (χ0v) is 16.9. The molecule has 3 aromatic rings. The number of hydrogen-bond donors (Lipinski definition) is 0. The van der Waals surface area contributed by atoms with Crippen LogP contribution in [0.3, 0.4) is 0 Å². The minimum absolute atomic E-state index is 0.244. The van der Waals surface area contributed by atoms with E-state index in [0.29, 0.717) is 22.3 Å². The lowest BCUT2D eigenvalue weighted by Gasteiger charge is -2.10. The van der Waals surface area contributed by atoms with E-state index in [1.165, 1.54) is 20.5 Å². The van der Waals surface area contributed by atoms with Crippen LogP contribution in [0.15, 0.2) is 59.3 Å². The number of methoxy groups -OCH3 is 2. The minimum Gasteiger partial charge on any atom is -0.503 e. The van der Waals surface area contributed by atoms with Gasteiger partial charge in [0.25, 0.3) is 5.19 Å². The van der Waals surface area contributed by atoms with Gasteiger partial charge in [-0.15, -0.1) is 0 Å². The van der Waals surface area contributed by atoms with Crippen LogP contribution in [0.4, 0.5) is 0 Å². The summed E-state index contributed by atoms with van der Waals surface area (Å²) in [6.07, 6.45) is 1.32. The molecule has 0 bridgehead atoms. The monoisotopic (exact) mass is 446 g/mol. The number of carbonyl (C=O) groups is 1. The Morgan fingerprint density at radius 3 is 2.56 bits per heavy atom. The molecule has 6 nitrogen and oxygen atoms in total. The molecule has 0 amide bonds. The van der Waals surface area contributed by atoms with Gasteiger partial charge in [0.1, 0.15) is 11.3 Å². The number of hydrogen-bond acceptors (Lipinski definition) is 7. The van der Waals surface area contributed by atoms with Crippen molar-refractivity contribution >= 4 is 39.0 Å². The van der Waals surface area contributed by atoms with Crippen molar-refractivity contribution < 1.29 is 19.0 Å². The lowest BCUT2D eigenvalue weighted by atomic mass is 10.1. The molecule has 3 rings (SSSR count). The summed E-state index contributed by atoms with van der Waals surface area (Å²) in [7, 11) is 2.77. The summed E-state index contributed by atoms with van der Waals surface area (Å²) in [5.41, 5.74) is 1.66. The Bertz CT molecular complexity index is 970. The third kappa shape index (κ3) is 4.53. The molecule has 0 unspecified atom stereocenters. The van der Waals surface area contributed by atoms with E-state index in [0.717, 1.165) is 21.6 Å². The molecule has 0 fully saturated rings. The Kier molecular flexibility index (Phi) is 6.20. The van der Waals surface area contributed by atoms with Gasteiger partial charge < -0.3 is 14.2 Å². The Labute approximate surface area is 168 Å². The van der Waals surface area contributed by atoms with Gasteiger partial charge in [-0.2, -0.15) is 9.36 Å². The van der Waals surface area contributed by atoms with E-state index in [-0.39, 0.29) is 5.57 Å². The molecular formula is C19H15BrN2O4S. The summed E-state index contributed by atoms with van der Waals surface area (Å²) in [4.78, 5) is 16.5. The number of benzene rings is 2. The molecule has 2 aromatic carbocycles. The zero-order valence-electron chi connectivity index (χ0n) is 14.5. The van der Waals surface area contributed by atoms with Crippen LogP contribution in [0, 0.1) is 0 Å². The second-order valence-electron chi connectivity index (χ2n) is 5.25. The van der Waals surface area contributed by atoms with Gasteiger partial charge >= 0.3 is 5.97 Å². The van der Waals surface area contributed by atoms with Gasteiger partial charge in [-0.3, -0.25) is 0 Å². The lowest BCUT2D eigenvalue weighted by Crippen LogP contribution is -2.05. The van der Waals surface area contributed by atoms with E-state index in [1.54, 1.807) is 24.3 Å². The highest BCUT2D eigenvalue weighted by Gasteiger charge is 2.19. The van der Waals surface area contributed by atoms with Crippen LogP contribution in [0.5, 0.6) is 10.9 Å². The molecule has 0 spiro atoms. The van der Waals surface area contributed by atoms with E-state index in [2.05, 4.69) is 25.3 Å². The summed E-state index contributed by atoms with van der Waals surface area (Å²) in [6.45, 7) is 0. The second-order valence-corrected chi connectivity index (χ2v) is 6.88. The number of nitrogens with zero attached hydrogens (tertiary/aromatic N) is 2. The highest BCUT2D eigenvalue weighted by atomic mass is 79.9. The first kappa shape index (κ1) is 19.1. The van der Waals surface area contributed by atoms with Crippen molar-refractivity contribution in [1.29, 1.82) is 0 Å². The normalized spacial score (nSPS) is 11.1. The summed E-state index contributed by atoms with van der Waals surface area (Å²) >= 11 is 4.53. The first-order chi connectivity index (χ1) is 13.1. The minimum atomic E-state index is -0.527. The Morgan fingerprint density at radius 2 is 1.85 bits per heavy atom. The number of aromatic nitrogens is 2. The number of esters is 1. The van der Waals surface area contributed by atoms with Gasteiger partial charge in [0.15, 0.2) is 5.82 Å². The van der Waals surface area contributed by atoms with E-state index in [9.17, 15) is 4.79 Å². The standard InChI is InChI=1S/C19H15BrN2O4S/c1-24-11-15(18(23)25-2)14-5-3-4-6-16(14)26-19-21-17(22-27-19)12-7-9-13(20)10-8-12/h3-11H,1-2H3/b15-11+. The van der Waals surface area contributed by atoms with Crippen LogP contribution in [-0.2, 0) is 14.3 Å². The molecule has 0 atom stereocenters. The molecule has 1 aromatic heterocycles. The molecule has 0 saturated carbocycles. The summed E-state index contributed by atoms with van der Waals surface area (Å²) in [5, 5.41) is 0.363. The SMILES string of the molecule is CO/C=C(/C(=O)OC)c1ccccc1Oc1nc(-c2ccc(Br)cc2)ns1. The molecule has 0 saturated heterocycles. The summed E-state index contributed by atoms with van der Waals surface area (Å²) in [5.74, 6) is 0.492. The van der Waals surface area contributed by atoms with Crippen LogP contribution in [0.1, 0.15) is 5.56 Å². The maximum atomic E-state index is 12.1. The Morgan fingerprint density at radius 1 is 1.11 bits per heavy atom. The van der Waals surface area contributed by atoms with Crippen molar-refractivity contribution in [1.82, 2.24) is 9.36 Å². The number of ether oxygens (including phenoxy) is 3. The van der Waals surface area contributed by atoms with E-state index in [1.807, 2.05) is 24.3 Å². The van der Waals surface area contributed by atoms with Gasteiger partial charge in [0.05, 0.1) is 20.5 Å². The molecule has 0 aliphatic carbocycles. The molecule has 27 heavy (non-hydrogen) atoms. The quantitative estimate of drug-likeness (QED) is 0.304. The predicted octanol–water partition coefficient (Wildman–Crippen LogP) is 4.92. The maximum Gasteiger partial charge on any atom is 0.341 e. The molecule has 138 valence electrons. The third-order valence-electron chi connectivity index (χ3n) is 3.53. The molecule has 0 aliphatic heterocycles. The molecule has 8 heteroatoms. The maximum absolute atomic E-state index is 12.1. The number of para-hydroxylation sites is 1. The average Bonchev–Trinajstić information content (AvgIpc) is 3.15. The van der Waals surface area contributed by atoms with E-state index >= 15 is 0 Å². The fourth-order valence-corrected chi connectivity index (χ4v) is 3.12. The lowest BCUT2D eigenvalue weighted by molar-refractivity contribution is -0.133. The molecule has 0 aliphatic rings. The average molecular weight is 447 g/mol. The first-order valence-electron chi connectivity index (χ1n) is 7.80. The van der Waals surface area contributed by atoms with Gasteiger partial charge in [0.2, 0.25) is 0 Å². The van der Waals surface area contributed by atoms with Crippen LogP contribution in [0.2, 0.25) is 0 Å². The van der Waals surface area contributed by atoms with Crippen LogP contribution in [-0.4, -0.2) is 29.5 Å². The van der Waals surface area contributed by atoms with Crippen LogP contribution < -0.4 is 4.74 Å². The predicted molar refractivity (Wildman–Crippen MR) is 107 cm³/mol. The van der Waals surface area contributed by atoms with Crippen molar-refractivity contribution in [2.75, 3.05) is 14.2 Å². The van der Waals surface area contributed by atoms with Gasteiger partial charge in [-0.25, -0.2) is 4.79 Å². The molecule has 0 N–H and O–H groups in total. The number of halogens is 1. The van der Waals surface area contributed by atoms with Crippen molar-refractivity contribution in [3.8, 4) is 22.3 Å². The Balaban J connectivity index is 1.90. The van der Waals surface area contributed by atoms with Crippen molar-refractivity contribution in [2.24, 2.45) is 0 Å². The largest absolute Gasteiger partial charge is 0.503 e. The van der Waals surface area contributed by atoms with E-state index < -0.39 is 5.97 Å². The van der Waals surface area contributed by atoms with Crippen molar-refractivity contribution in [3.63, 3.8) is 0 Å². The van der Waals surface area contributed by atoms with Gasteiger partial charge in [-0.05, 0) is 18.2 Å². The topological polar surface area (TPSA) is 70.5 Å². The Hall–Kier alpha value is -2.71. The smallest absolute Gasteiger partial charge is 0.341 e. The number of carbonyl (C=O) groups excluding carboxylic acids is 1. The zero-order chi connectivity index (χ0) is 19.2. The van der Waals surface area contributed by atoms with Crippen molar-refractivity contribution in [2.45, 2.75) is 0 Å². The third-order valence-corrected chi connectivity index (χ3v) is 4.65. The van der Waals surface area contributed by atoms with Crippen LogP contribution in [0.25, 0.3) is 17.0 Å². The van der Waals surface area contributed by atoms with Gasteiger partial charge in [-0.1, -0.05) is 46.3 Å². The molecule has 1 heterocycles. The highest BCUT2D eigenvalue weighted by molar-refractivity contribution is 9.10. The van der Waals surface area contributed by atoms with Crippen LogP contribution >= 0.6 is 27.5 Å². The van der Waals surface area contributed by atoms with Gasteiger partial charge in [0, 0.05) is 27.1 Å². The summed E-state index contributed by atoms with van der Waals surface area (Å²) < 4.78 is 21.0. The molecule has 0 radical (unpaired) electrons. The summed E-state index contributed by atoms with van der Waals surface area (Å²) in [6, 6.07) is 14.8. The molecular weight excluding hydrogens is 432 g/mol. The highest BCUT2D eigenvalue weighted by Crippen LogP contribution is 2.33. The first-order valence-corrected chi connectivity index (χ1v) is 9.37. The second kappa shape index (κ2) is 8.79. The fourth-order valence-electron chi connectivity index (χ4n) is 2.29.